The average molecular weight is 346 g/mol. The monoisotopic (exact) mass is 346 g/mol. The van der Waals surface area contributed by atoms with Crippen LogP contribution in [0, 0.1) is 0 Å². The number of nitrogens with two attached hydrogens (primary N) is 1. The van der Waals surface area contributed by atoms with Gasteiger partial charge in [-0.2, -0.15) is 5.10 Å². The van der Waals surface area contributed by atoms with E-state index in [0.29, 0.717) is 24.9 Å². The van der Waals surface area contributed by atoms with E-state index >= 15 is 0 Å². The lowest BCUT2D eigenvalue weighted by Gasteiger charge is -2.40. The van der Waals surface area contributed by atoms with E-state index in [9.17, 15) is 4.79 Å². The van der Waals surface area contributed by atoms with Gasteiger partial charge < -0.3 is 20.1 Å². The van der Waals surface area contributed by atoms with Gasteiger partial charge in [-0.1, -0.05) is 0 Å². The molecule has 1 amide bonds. The number of ether oxygens (including phenoxy) is 2. The molecule has 0 aromatic carbocycles. The number of amides is 1. The van der Waals surface area contributed by atoms with Gasteiger partial charge in [0, 0.05) is 18.2 Å². The van der Waals surface area contributed by atoms with Crippen LogP contribution in [0.3, 0.4) is 0 Å². The first-order valence-corrected chi connectivity index (χ1v) is 9.33. The van der Waals surface area contributed by atoms with Gasteiger partial charge in [0.1, 0.15) is 0 Å². The van der Waals surface area contributed by atoms with E-state index in [1.54, 1.807) is 6.20 Å². The molecule has 7 heteroatoms. The molecule has 0 unspecified atom stereocenters. The van der Waals surface area contributed by atoms with E-state index in [2.05, 4.69) is 10.2 Å². The lowest BCUT2D eigenvalue weighted by molar-refractivity contribution is -0.140. The minimum absolute atomic E-state index is 0.0228. The molecule has 2 bridgehead atoms. The second-order valence-corrected chi connectivity index (χ2v) is 7.35. The molecule has 7 nitrogen and oxygen atoms in total. The number of hydrogen-bond acceptors (Lipinski definition) is 6. The number of piperidine rings is 1. The molecule has 25 heavy (non-hydrogen) atoms. The molecule has 2 atom stereocenters. The van der Waals surface area contributed by atoms with Gasteiger partial charge in [-0.25, -0.2) is 0 Å². The second kappa shape index (κ2) is 7.25. The van der Waals surface area contributed by atoms with Gasteiger partial charge in [0.05, 0.1) is 24.9 Å². The Hall–Kier alpha value is -1.73. The first-order valence-electron chi connectivity index (χ1n) is 9.33. The predicted octanol–water partition coefficient (Wildman–Crippen LogP) is 1.23. The molecule has 1 aliphatic carbocycles. The largest absolute Gasteiger partial charge is 0.466 e. The maximum absolute atomic E-state index is 12.7. The van der Waals surface area contributed by atoms with Crippen LogP contribution >= 0.6 is 0 Å². The first kappa shape index (κ1) is 16.7. The van der Waals surface area contributed by atoms with E-state index in [1.807, 2.05) is 11.0 Å². The topological polar surface area (TPSA) is 90.6 Å². The zero-order chi connectivity index (χ0) is 17.2. The summed E-state index contributed by atoms with van der Waals surface area (Å²) in [6.45, 7) is 1.21. The third kappa shape index (κ3) is 3.48. The molecule has 3 aliphatic heterocycles. The number of aromatic nitrogens is 2. The molecule has 1 aromatic rings. The molecular formula is C18H26N4O3. The van der Waals surface area contributed by atoms with Crippen LogP contribution in [-0.4, -0.2) is 59.0 Å². The van der Waals surface area contributed by atoms with Crippen molar-refractivity contribution in [2.45, 2.75) is 62.6 Å². The van der Waals surface area contributed by atoms with E-state index in [4.69, 9.17) is 15.2 Å². The number of nitrogens with zero attached hydrogens (tertiary/aromatic N) is 3. The SMILES string of the molecule is N[C@H]1CCCN2C(=O)COc3nnccc3[C@H]3CC[C@H](CC3)OC[C@@H]12. The van der Waals surface area contributed by atoms with Crippen molar-refractivity contribution in [3.05, 3.63) is 17.8 Å². The standard InChI is InChI=1S/C18H26N4O3/c19-15-2-1-9-22-16(15)10-24-13-5-3-12(4-6-13)14-7-8-20-21-18(14)25-11-17(22)23/h7-8,12-13,15-16H,1-6,9-11,19H2/t12-,13+,15-,16-/m0/s1. The van der Waals surface area contributed by atoms with Crippen LogP contribution in [0.15, 0.2) is 12.3 Å². The summed E-state index contributed by atoms with van der Waals surface area (Å²) in [5.41, 5.74) is 7.36. The molecule has 2 fully saturated rings. The molecule has 4 heterocycles. The van der Waals surface area contributed by atoms with Gasteiger partial charge in [-0.15, -0.1) is 5.10 Å². The lowest BCUT2D eigenvalue weighted by atomic mass is 9.83. The second-order valence-electron chi connectivity index (χ2n) is 7.35. The maximum Gasteiger partial charge on any atom is 0.260 e. The van der Waals surface area contributed by atoms with Crippen molar-refractivity contribution in [1.29, 1.82) is 0 Å². The maximum atomic E-state index is 12.7. The molecule has 4 aliphatic rings. The van der Waals surface area contributed by atoms with E-state index in [0.717, 1.165) is 44.1 Å². The van der Waals surface area contributed by atoms with Crippen molar-refractivity contribution in [2.24, 2.45) is 5.73 Å². The zero-order valence-electron chi connectivity index (χ0n) is 14.5. The summed E-state index contributed by atoms with van der Waals surface area (Å²) in [5, 5.41) is 8.08. The van der Waals surface area contributed by atoms with Crippen molar-refractivity contribution >= 4 is 5.91 Å². The highest BCUT2D eigenvalue weighted by Gasteiger charge is 2.35. The Bertz CT molecular complexity index is 618. The molecule has 5 rings (SSSR count). The molecule has 0 radical (unpaired) electrons. The smallest absolute Gasteiger partial charge is 0.260 e. The van der Waals surface area contributed by atoms with Gasteiger partial charge >= 0.3 is 0 Å². The van der Waals surface area contributed by atoms with E-state index < -0.39 is 0 Å². The predicted molar refractivity (Wildman–Crippen MR) is 91.2 cm³/mol. The minimum atomic E-state index is -0.0651. The van der Waals surface area contributed by atoms with Crippen LogP contribution in [0.2, 0.25) is 0 Å². The van der Waals surface area contributed by atoms with Crippen LogP contribution in [-0.2, 0) is 9.53 Å². The molecule has 1 saturated heterocycles. The fraction of sp³-hybridized carbons (Fsp3) is 0.722. The quantitative estimate of drug-likeness (QED) is 0.760. The summed E-state index contributed by atoms with van der Waals surface area (Å²) < 4.78 is 12.0. The third-order valence-corrected chi connectivity index (χ3v) is 5.82. The number of fused-ring (bicyclic) bond motifs is 5. The Morgan fingerprint density at radius 1 is 1.20 bits per heavy atom. The summed E-state index contributed by atoms with van der Waals surface area (Å²) in [6, 6.07) is 1.87. The Morgan fingerprint density at radius 2 is 2.04 bits per heavy atom. The summed E-state index contributed by atoms with van der Waals surface area (Å²) in [5.74, 6) is 0.843. The van der Waals surface area contributed by atoms with Gasteiger partial charge in [-0.05, 0) is 50.5 Å². The third-order valence-electron chi connectivity index (χ3n) is 5.82. The van der Waals surface area contributed by atoms with Crippen molar-refractivity contribution < 1.29 is 14.3 Å². The van der Waals surface area contributed by atoms with Gasteiger partial charge in [0.25, 0.3) is 5.91 Å². The molecule has 1 saturated carbocycles. The Balaban J connectivity index is 1.61. The van der Waals surface area contributed by atoms with Gasteiger partial charge in [-0.3, -0.25) is 4.79 Å². The van der Waals surface area contributed by atoms with Gasteiger partial charge in [0.2, 0.25) is 5.88 Å². The molecule has 136 valence electrons. The van der Waals surface area contributed by atoms with E-state index in [-0.39, 0.29) is 30.7 Å². The highest BCUT2D eigenvalue weighted by Crippen LogP contribution is 2.37. The number of carbonyl (C=O) groups excluding carboxylic acids is 1. The van der Waals surface area contributed by atoms with Crippen LogP contribution in [0.4, 0.5) is 0 Å². The highest BCUT2D eigenvalue weighted by atomic mass is 16.5. The van der Waals surface area contributed by atoms with E-state index in [1.165, 1.54) is 0 Å². The fourth-order valence-corrected chi connectivity index (χ4v) is 4.35. The Labute approximate surface area is 147 Å². The molecule has 0 spiro atoms. The number of rotatable bonds is 0. The Morgan fingerprint density at radius 3 is 2.88 bits per heavy atom. The van der Waals surface area contributed by atoms with Crippen molar-refractivity contribution in [2.75, 3.05) is 19.8 Å². The highest BCUT2D eigenvalue weighted by molar-refractivity contribution is 5.78. The minimum Gasteiger partial charge on any atom is -0.466 e. The van der Waals surface area contributed by atoms with Gasteiger partial charge in [0.15, 0.2) is 6.61 Å². The van der Waals surface area contributed by atoms with Crippen LogP contribution in [0.1, 0.15) is 50.0 Å². The first-order chi connectivity index (χ1) is 12.2. The fourth-order valence-electron chi connectivity index (χ4n) is 4.35. The van der Waals surface area contributed by atoms with Crippen molar-refractivity contribution in [3.8, 4) is 5.88 Å². The Kier molecular flexibility index (Phi) is 4.85. The number of carbonyl (C=O) groups is 1. The number of hydrogen-bond donors (Lipinski definition) is 1. The summed E-state index contributed by atoms with van der Waals surface area (Å²) >= 11 is 0. The van der Waals surface area contributed by atoms with Crippen LogP contribution in [0.25, 0.3) is 0 Å². The normalized spacial score (nSPS) is 33.3. The van der Waals surface area contributed by atoms with Crippen molar-refractivity contribution in [3.63, 3.8) is 0 Å². The van der Waals surface area contributed by atoms with Crippen molar-refractivity contribution in [1.82, 2.24) is 15.1 Å². The molecule has 2 N–H and O–H groups in total. The van der Waals surface area contributed by atoms with Crippen LogP contribution in [0.5, 0.6) is 5.88 Å². The molecule has 1 aromatic heterocycles. The summed E-state index contributed by atoms with van der Waals surface area (Å²) in [6.07, 6.45) is 7.92. The average Bonchev–Trinajstić information content (AvgIpc) is 2.66. The summed E-state index contributed by atoms with van der Waals surface area (Å²) in [7, 11) is 0. The van der Waals surface area contributed by atoms with Crippen LogP contribution < -0.4 is 10.5 Å². The molecular weight excluding hydrogens is 320 g/mol. The zero-order valence-corrected chi connectivity index (χ0v) is 14.5. The summed E-state index contributed by atoms with van der Waals surface area (Å²) in [4.78, 5) is 14.6. The lowest BCUT2D eigenvalue weighted by Crippen LogP contribution is -2.57.